The summed E-state index contributed by atoms with van der Waals surface area (Å²) < 4.78 is 0. The number of nitrogens with zero attached hydrogens (tertiary/aromatic N) is 3. The van der Waals surface area contributed by atoms with Crippen LogP contribution in [0.15, 0.2) is 30.6 Å². The fraction of sp³-hybridized carbons (Fsp3) is 0.368. The Morgan fingerprint density at radius 3 is 2.88 bits per heavy atom. The predicted octanol–water partition coefficient (Wildman–Crippen LogP) is 4.12. The lowest BCUT2D eigenvalue weighted by molar-refractivity contribution is 0.243. The molecule has 0 bridgehead atoms. The molecule has 0 radical (unpaired) electrons. The van der Waals surface area contributed by atoms with Crippen molar-refractivity contribution in [2.75, 3.05) is 6.54 Å². The normalized spacial score (nSPS) is 14.9. The molecule has 1 aliphatic rings. The first-order valence-corrected chi connectivity index (χ1v) is 8.92. The molecule has 0 aliphatic carbocycles. The lowest BCUT2D eigenvalue weighted by Crippen LogP contribution is -2.30. The van der Waals surface area contributed by atoms with Gasteiger partial charge < -0.3 is 4.98 Å². The molecule has 24 heavy (non-hydrogen) atoms. The summed E-state index contributed by atoms with van der Waals surface area (Å²) in [6.45, 7) is 5.01. The third-order valence-electron chi connectivity index (χ3n) is 4.65. The highest BCUT2D eigenvalue weighted by molar-refractivity contribution is 6.31. The van der Waals surface area contributed by atoms with Gasteiger partial charge in [-0.05, 0) is 36.6 Å². The molecule has 0 saturated heterocycles. The second kappa shape index (κ2) is 6.54. The van der Waals surface area contributed by atoms with Crippen LogP contribution in [0.5, 0.6) is 0 Å². The Bertz CT molecular complexity index is 854. The Kier molecular flexibility index (Phi) is 4.25. The van der Waals surface area contributed by atoms with Crippen molar-refractivity contribution >= 4 is 22.5 Å². The van der Waals surface area contributed by atoms with E-state index in [1.165, 1.54) is 27.7 Å². The molecule has 1 aromatic carbocycles. The summed E-state index contributed by atoms with van der Waals surface area (Å²) >= 11 is 6.15. The highest BCUT2D eigenvalue weighted by Gasteiger charge is 2.20. The van der Waals surface area contributed by atoms with E-state index in [9.17, 15) is 0 Å². The van der Waals surface area contributed by atoms with E-state index in [0.29, 0.717) is 0 Å². The first-order valence-electron chi connectivity index (χ1n) is 8.54. The van der Waals surface area contributed by atoms with Crippen molar-refractivity contribution in [2.24, 2.45) is 0 Å². The zero-order valence-electron chi connectivity index (χ0n) is 13.8. The quantitative estimate of drug-likeness (QED) is 0.777. The third-order valence-corrected chi connectivity index (χ3v) is 4.89. The molecule has 4 rings (SSSR count). The highest BCUT2D eigenvalue weighted by atomic mass is 35.5. The average Bonchev–Trinajstić information content (AvgIpc) is 2.94. The molecule has 124 valence electrons. The number of rotatable bonds is 4. The number of nitrogens with one attached hydrogen (secondary N) is 1. The lowest BCUT2D eigenvalue weighted by atomic mass is 10.0. The van der Waals surface area contributed by atoms with Crippen molar-refractivity contribution in [3.63, 3.8) is 0 Å². The van der Waals surface area contributed by atoms with Gasteiger partial charge in [-0.25, -0.2) is 9.97 Å². The molecule has 3 heterocycles. The average molecular weight is 341 g/mol. The SMILES string of the molecule is CCCc1ncc(CN2CCc3c([nH]c4ccc(Cl)cc34)C2)cn1. The van der Waals surface area contributed by atoms with E-state index in [2.05, 4.69) is 38.9 Å². The molecule has 0 fully saturated rings. The molecule has 1 aliphatic heterocycles. The summed E-state index contributed by atoms with van der Waals surface area (Å²) in [5.41, 5.74) is 5.08. The van der Waals surface area contributed by atoms with Crippen molar-refractivity contribution in [3.05, 3.63) is 58.3 Å². The fourth-order valence-electron chi connectivity index (χ4n) is 3.48. The molecule has 3 aromatic rings. The van der Waals surface area contributed by atoms with E-state index in [1.807, 2.05) is 18.5 Å². The summed E-state index contributed by atoms with van der Waals surface area (Å²) in [6.07, 6.45) is 7.02. The van der Waals surface area contributed by atoms with Crippen LogP contribution in [0, 0.1) is 0 Å². The molecule has 0 amide bonds. The van der Waals surface area contributed by atoms with Gasteiger partial charge in [0.05, 0.1) is 0 Å². The Morgan fingerprint density at radius 2 is 2.08 bits per heavy atom. The summed E-state index contributed by atoms with van der Waals surface area (Å²) in [5.74, 6) is 0.940. The van der Waals surface area contributed by atoms with Crippen LogP contribution in [-0.2, 0) is 25.9 Å². The van der Waals surface area contributed by atoms with Crippen LogP contribution in [0.3, 0.4) is 0 Å². The second-order valence-corrected chi connectivity index (χ2v) is 6.93. The second-order valence-electron chi connectivity index (χ2n) is 6.49. The van der Waals surface area contributed by atoms with Crippen LogP contribution < -0.4 is 0 Å². The number of benzene rings is 1. The first kappa shape index (κ1) is 15.6. The van der Waals surface area contributed by atoms with Gasteiger partial charge in [-0.3, -0.25) is 4.90 Å². The minimum absolute atomic E-state index is 0.802. The first-order chi connectivity index (χ1) is 11.7. The molecule has 2 aromatic heterocycles. The van der Waals surface area contributed by atoms with Crippen LogP contribution in [0.25, 0.3) is 10.9 Å². The number of aromatic amines is 1. The minimum atomic E-state index is 0.802. The van der Waals surface area contributed by atoms with Gasteiger partial charge in [0.2, 0.25) is 0 Å². The highest BCUT2D eigenvalue weighted by Crippen LogP contribution is 2.30. The smallest absolute Gasteiger partial charge is 0.128 e. The molecule has 0 spiro atoms. The lowest BCUT2D eigenvalue weighted by Gasteiger charge is -2.26. The van der Waals surface area contributed by atoms with Crippen LogP contribution in [0.1, 0.15) is 36.0 Å². The third kappa shape index (κ3) is 3.04. The topological polar surface area (TPSA) is 44.8 Å². The zero-order chi connectivity index (χ0) is 16.5. The Balaban J connectivity index is 1.51. The van der Waals surface area contributed by atoms with Crippen LogP contribution in [-0.4, -0.2) is 26.4 Å². The maximum atomic E-state index is 6.15. The summed E-state index contributed by atoms with van der Waals surface area (Å²) in [7, 11) is 0. The molecular formula is C19H21ClN4. The van der Waals surface area contributed by atoms with Crippen molar-refractivity contribution in [1.29, 1.82) is 0 Å². The number of H-pyrrole nitrogens is 1. The van der Waals surface area contributed by atoms with Gasteiger partial charge >= 0.3 is 0 Å². The van der Waals surface area contributed by atoms with E-state index in [1.54, 1.807) is 0 Å². The van der Waals surface area contributed by atoms with Gasteiger partial charge in [-0.1, -0.05) is 18.5 Å². The molecule has 5 heteroatoms. The number of hydrogen-bond donors (Lipinski definition) is 1. The van der Waals surface area contributed by atoms with Gasteiger partial charge in [0, 0.05) is 65.6 Å². The number of aromatic nitrogens is 3. The molecule has 0 saturated carbocycles. The van der Waals surface area contributed by atoms with Gasteiger partial charge in [0.15, 0.2) is 0 Å². The standard InChI is InChI=1S/C19H21ClN4/c1-2-3-19-21-9-13(10-22-19)11-24-7-6-15-16-8-14(20)4-5-17(16)23-18(15)12-24/h4-5,8-10,23H,2-3,6-7,11-12H2,1H3. The van der Waals surface area contributed by atoms with Gasteiger partial charge in [-0.15, -0.1) is 0 Å². The largest absolute Gasteiger partial charge is 0.357 e. The Morgan fingerprint density at radius 1 is 1.25 bits per heavy atom. The number of fused-ring (bicyclic) bond motifs is 3. The fourth-order valence-corrected chi connectivity index (χ4v) is 3.65. The molecular weight excluding hydrogens is 320 g/mol. The van der Waals surface area contributed by atoms with Crippen LogP contribution in [0.2, 0.25) is 5.02 Å². The van der Waals surface area contributed by atoms with E-state index in [4.69, 9.17) is 11.6 Å². The van der Waals surface area contributed by atoms with Gasteiger partial charge in [0.1, 0.15) is 5.82 Å². The number of hydrogen-bond acceptors (Lipinski definition) is 3. The van der Waals surface area contributed by atoms with E-state index >= 15 is 0 Å². The van der Waals surface area contributed by atoms with Crippen molar-refractivity contribution < 1.29 is 0 Å². The zero-order valence-corrected chi connectivity index (χ0v) is 14.6. The van der Waals surface area contributed by atoms with E-state index in [0.717, 1.165) is 49.7 Å². The summed E-state index contributed by atoms with van der Waals surface area (Å²) in [6, 6.07) is 6.08. The number of halogens is 1. The predicted molar refractivity (Wildman–Crippen MR) is 97.2 cm³/mol. The Hall–Kier alpha value is -1.91. The van der Waals surface area contributed by atoms with Crippen molar-refractivity contribution in [1.82, 2.24) is 19.9 Å². The maximum absolute atomic E-state index is 6.15. The number of aryl methyl sites for hydroxylation is 1. The van der Waals surface area contributed by atoms with Crippen LogP contribution >= 0.6 is 11.6 Å². The minimum Gasteiger partial charge on any atom is -0.357 e. The monoisotopic (exact) mass is 340 g/mol. The van der Waals surface area contributed by atoms with Crippen molar-refractivity contribution in [2.45, 2.75) is 39.3 Å². The summed E-state index contributed by atoms with van der Waals surface area (Å²) in [5, 5.41) is 2.07. The van der Waals surface area contributed by atoms with Gasteiger partial charge in [-0.2, -0.15) is 0 Å². The molecule has 4 nitrogen and oxygen atoms in total. The Labute approximate surface area is 146 Å². The van der Waals surface area contributed by atoms with Crippen LogP contribution in [0.4, 0.5) is 0 Å². The van der Waals surface area contributed by atoms with E-state index in [-0.39, 0.29) is 0 Å². The molecule has 1 N–H and O–H groups in total. The van der Waals surface area contributed by atoms with Crippen molar-refractivity contribution in [3.8, 4) is 0 Å². The summed E-state index contributed by atoms with van der Waals surface area (Å²) in [4.78, 5) is 14.9. The maximum Gasteiger partial charge on any atom is 0.128 e. The molecule has 0 unspecified atom stereocenters. The van der Waals surface area contributed by atoms with Gasteiger partial charge in [0.25, 0.3) is 0 Å². The van der Waals surface area contributed by atoms with E-state index < -0.39 is 0 Å². The molecule has 0 atom stereocenters.